The predicted molar refractivity (Wildman–Crippen MR) is 89.0 cm³/mol. The number of hydrogen-bond donors (Lipinski definition) is 1. The number of hydrogen-bond acceptors (Lipinski definition) is 5. The average Bonchev–Trinajstić information content (AvgIpc) is 3.25. The normalized spacial score (nSPS) is 11.3. The van der Waals surface area contributed by atoms with Gasteiger partial charge in [0.15, 0.2) is 5.58 Å². The van der Waals surface area contributed by atoms with E-state index in [1.807, 2.05) is 36.4 Å². The quantitative estimate of drug-likeness (QED) is 0.508. The first kappa shape index (κ1) is 16.0. The van der Waals surface area contributed by atoms with Crippen LogP contribution in [0.4, 0.5) is 0 Å². The largest absolute Gasteiger partial charge is 0.467 e. The van der Waals surface area contributed by atoms with E-state index in [1.54, 1.807) is 12.3 Å². The van der Waals surface area contributed by atoms with E-state index in [0.29, 0.717) is 31.2 Å². The Morgan fingerprint density at radius 1 is 1.25 bits per heavy atom. The van der Waals surface area contributed by atoms with Gasteiger partial charge in [0.1, 0.15) is 17.9 Å². The molecule has 2 aromatic heterocycles. The molecule has 3 aromatic rings. The smallest absolute Gasteiger partial charge is 0.244 e. The zero-order valence-corrected chi connectivity index (χ0v) is 13.1. The molecule has 0 unspecified atom stereocenters. The number of benzene rings is 1. The maximum Gasteiger partial charge on any atom is 0.244 e. The molecule has 1 N–H and O–H groups in total. The molecule has 0 aliphatic rings. The minimum Gasteiger partial charge on any atom is -0.467 e. The minimum absolute atomic E-state index is 0.191. The minimum atomic E-state index is -0.191. The second kappa shape index (κ2) is 8.12. The molecule has 1 aromatic carbocycles. The van der Waals surface area contributed by atoms with Crippen LogP contribution in [0.2, 0.25) is 0 Å². The molecule has 0 saturated carbocycles. The molecule has 0 fully saturated rings. The highest BCUT2D eigenvalue weighted by molar-refractivity contribution is 5.91. The topological polar surface area (TPSA) is 77.5 Å². The number of carbonyl (C=O) groups is 1. The third-order valence-corrected chi connectivity index (χ3v) is 3.28. The Kier molecular flexibility index (Phi) is 5.42. The summed E-state index contributed by atoms with van der Waals surface area (Å²) < 4.78 is 16.1. The third-order valence-electron chi connectivity index (χ3n) is 3.28. The first-order valence-electron chi connectivity index (χ1n) is 7.73. The SMILES string of the molecule is O=C(/C=C/c1nc2ccccc2o1)NCCCOCc1ccco1. The van der Waals surface area contributed by atoms with Crippen LogP contribution in [0.15, 0.2) is 57.6 Å². The van der Waals surface area contributed by atoms with E-state index in [4.69, 9.17) is 13.6 Å². The van der Waals surface area contributed by atoms with Gasteiger partial charge in [-0.3, -0.25) is 4.79 Å². The highest BCUT2D eigenvalue weighted by atomic mass is 16.5. The van der Waals surface area contributed by atoms with Gasteiger partial charge in [0.05, 0.1) is 6.26 Å². The van der Waals surface area contributed by atoms with E-state index < -0.39 is 0 Å². The lowest BCUT2D eigenvalue weighted by atomic mass is 10.3. The van der Waals surface area contributed by atoms with Gasteiger partial charge in [-0.1, -0.05) is 12.1 Å². The number of furan rings is 1. The van der Waals surface area contributed by atoms with Crippen molar-refractivity contribution in [2.75, 3.05) is 13.2 Å². The van der Waals surface area contributed by atoms with E-state index in [9.17, 15) is 4.79 Å². The van der Waals surface area contributed by atoms with Crippen LogP contribution in [0.25, 0.3) is 17.2 Å². The van der Waals surface area contributed by atoms with Gasteiger partial charge in [-0.15, -0.1) is 0 Å². The molecule has 0 atom stereocenters. The molecule has 0 bridgehead atoms. The van der Waals surface area contributed by atoms with E-state index >= 15 is 0 Å². The zero-order chi connectivity index (χ0) is 16.6. The van der Waals surface area contributed by atoms with Gasteiger partial charge in [0.2, 0.25) is 11.8 Å². The van der Waals surface area contributed by atoms with Crippen LogP contribution in [0.1, 0.15) is 18.1 Å². The van der Waals surface area contributed by atoms with Gasteiger partial charge in [-0.05, 0) is 30.7 Å². The summed E-state index contributed by atoms with van der Waals surface area (Å²) in [6.07, 6.45) is 5.31. The average molecular weight is 326 g/mol. The van der Waals surface area contributed by atoms with Crippen molar-refractivity contribution in [3.05, 3.63) is 60.4 Å². The summed E-state index contributed by atoms with van der Waals surface area (Å²) in [5.41, 5.74) is 1.47. The van der Waals surface area contributed by atoms with Gasteiger partial charge < -0.3 is 18.9 Å². The molecular weight excluding hydrogens is 308 g/mol. The highest BCUT2D eigenvalue weighted by Crippen LogP contribution is 2.15. The summed E-state index contributed by atoms with van der Waals surface area (Å²) in [4.78, 5) is 16.0. The number of rotatable bonds is 8. The van der Waals surface area contributed by atoms with Crippen LogP contribution in [-0.4, -0.2) is 24.0 Å². The Hall–Kier alpha value is -2.86. The van der Waals surface area contributed by atoms with E-state index in [-0.39, 0.29) is 5.91 Å². The number of fused-ring (bicyclic) bond motifs is 1. The number of para-hydroxylation sites is 2. The molecule has 3 rings (SSSR count). The van der Waals surface area contributed by atoms with Crippen molar-refractivity contribution in [2.45, 2.75) is 13.0 Å². The van der Waals surface area contributed by atoms with Crippen molar-refractivity contribution in [3.8, 4) is 0 Å². The Labute approximate surface area is 139 Å². The highest BCUT2D eigenvalue weighted by Gasteiger charge is 2.02. The Morgan fingerprint density at radius 2 is 2.17 bits per heavy atom. The molecule has 124 valence electrons. The fourth-order valence-corrected chi connectivity index (χ4v) is 2.12. The van der Waals surface area contributed by atoms with E-state index in [1.165, 1.54) is 6.08 Å². The van der Waals surface area contributed by atoms with Crippen LogP contribution >= 0.6 is 0 Å². The fourth-order valence-electron chi connectivity index (χ4n) is 2.12. The van der Waals surface area contributed by atoms with Crippen molar-refractivity contribution in [3.63, 3.8) is 0 Å². The summed E-state index contributed by atoms with van der Waals surface area (Å²) >= 11 is 0. The van der Waals surface area contributed by atoms with Crippen LogP contribution in [0, 0.1) is 0 Å². The molecule has 0 saturated heterocycles. The Morgan fingerprint density at radius 3 is 3.00 bits per heavy atom. The summed E-state index contributed by atoms with van der Waals surface area (Å²) in [5, 5.41) is 2.78. The molecule has 0 spiro atoms. The van der Waals surface area contributed by atoms with Crippen molar-refractivity contribution in [1.29, 1.82) is 0 Å². The van der Waals surface area contributed by atoms with Crippen LogP contribution in [-0.2, 0) is 16.1 Å². The van der Waals surface area contributed by atoms with Gasteiger partial charge in [0, 0.05) is 25.3 Å². The second-order valence-corrected chi connectivity index (χ2v) is 5.13. The lowest BCUT2D eigenvalue weighted by molar-refractivity contribution is -0.116. The molecule has 2 heterocycles. The van der Waals surface area contributed by atoms with Gasteiger partial charge in [-0.2, -0.15) is 0 Å². The molecule has 24 heavy (non-hydrogen) atoms. The van der Waals surface area contributed by atoms with Gasteiger partial charge >= 0.3 is 0 Å². The fraction of sp³-hybridized carbons (Fsp3) is 0.222. The summed E-state index contributed by atoms with van der Waals surface area (Å²) in [6.45, 7) is 1.53. The number of aromatic nitrogens is 1. The third kappa shape index (κ3) is 4.57. The molecule has 0 radical (unpaired) electrons. The number of amides is 1. The number of nitrogens with one attached hydrogen (secondary N) is 1. The van der Waals surface area contributed by atoms with Gasteiger partial charge in [-0.25, -0.2) is 4.98 Å². The first-order chi connectivity index (χ1) is 11.8. The Balaban J connectivity index is 1.34. The van der Waals surface area contributed by atoms with Crippen LogP contribution in [0.5, 0.6) is 0 Å². The van der Waals surface area contributed by atoms with Crippen molar-refractivity contribution in [2.24, 2.45) is 0 Å². The monoisotopic (exact) mass is 326 g/mol. The second-order valence-electron chi connectivity index (χ2n) is 5.13. The number of oxazole rings is 1. The predicted octanol–water partition coefficient (Wildman–Crippen LogP) is 3.16. The van der Waals surface area contributed by atoms with Crippen LogP contribution in [0.3, 0.4) is 0 Å². The van der Waals surface area contributed by atoms with Crippen molar-refractivity contribution < 1.29 is 18.4 Å². The molecule has 0 aliphatic heterocycles. The standard InChI is InChI=1S/C18H18N2O4/c21-17(19-10-4-11-22-13-14-5-3-12-23-14)8-9-18-20-15-6-1-2-7-16(15)24-18/h1-3,5-9,12H,4,10-11,13H2,(H,19,21)/b9-8+. The first-order valence-corrected chi connectivity index (χ1v) is 7.73. The lowest BCUT2D eigenvalue weighted by Gasteiger charge is -2.03. The van der Waals surface area contributed by atoms with E-state index in [0.717, 1.165) is 17.7 Å². The molecule has 0 aliphatic carbocycles. The maximum absolute atomic E-state index is 11.7. The van der Waals surface area contributed by atoms with Crippen LogP contribution < -0.4 is 5.32 Å². The Bertz CT molecular complexity index is 772. The molecule has 1 amide bonds. The molecule has 6 nitrogen and oxygen atoms in total. The van der Waals surface area contributed by atoms with E-state index in [2.05, 4.69) is 10.3 Å². The van der Waals surface area contributed by atoms with Gasteiger partial charge in [0.25, 0.3) is 0 Å². The zero-order valence-electron chi connectivity index (χ0n) is 13.1. The summed E-state index contributed by atoms with van der Waals surface area (Å²) in [7, 11) is 0. The number of nitrogens with zero attached hydrogens (tertiary/aromatic N) is 1. The number of carbonyl (C=O) groups excluding carboxylic acids is 1. The molecule has 6 heteroatoms. The molecular formula is C18H18N2O4. The van der Waals surface area contributed by atoms with Crippen molar-refractivity contribution in [1.82, 2.24) is 10.3 Å². The maximum atomic E-state index is 11.7. The van der Waals surface area contributed by atoms with Crippen molar-refractivity contribution >= 4 is 23.1 Å². The summed E-state index contributed by atoms with van der Waals surface area (Å²) in [6, 6.07) is 11.1. The lowest BCUT2D eigenvalue weighted by Crippen LogP contribution is -2.23. The number of ether oxygens (including phenoxy) is 1. The summed E-state index contributed by atoms with van der Waals surface area (Å²) in [5.74, 6) is 1.01.